The van der Waals surface area contributed by atoms with Gasteiger partial charge in [-0.1, -0.05) is 0 Å². The quantitative estimate of drug-likeness (QED) is 0.525. The maximum absolute atomic E-state index is 10.8. The molecule has 64 valence electrons. The first-order valence-electron chi connectivity index (χ1n) is 3.36. The van der Waals surface area contributed by atoms with E-state index in [0.29, 0.717) is 4.88 Å². The monoisotopic (exact) mass is 184 g/mol. The zero-order valence-corrected chi connectivity index (χ0v) is 7.39. The normalized spacial score (nSPS) is 9.42. The third kappa shape index (κ3) is 1.92. The first-order valence-corrected chi connectivity index (χ1v) is 4.24. The topological polar surface area (TPSA) is 43.4 Å². The van der Waals surface area contributed by atoms with Crippen LogP contribution in [0.15, 0.2) is 11.4 Å². The van der Waals surface area contributed by atoms with E-state index in [0.717, 1.165) is 11.8 Å². The summed E-state index contributed by atoms with van der Waals surface area (Å²) < 4.78 is 4.47. The van der Waals surface area contributed by atoms with Crippen LogP contribution in [-0.4, -0.2) is 19.4 Å². The highest BCUT2D eigenvalue weighted by molar-refractivity contribution is 7.11. The van der Waals surface area contributed by atoms with Gasteiger partial charge < -0.3 is 4.74 Å². The van der Waals surface area contributed by atoms with Crippen molar-refractivity contribution in [1.29, 1.82) is 0 Å². The molecule has 0 aliphatic rings. The van der Waals surface area contributed by atoms with Gasteiger partial charge in [-0.2, -0.15) is 0 Å². The smallest absolute Gasteiger partial charge is 0.310 e. The summed E-state index contributed by atoms with van der Waals surface area (Å²) in [5, 5.41) is 1.78. The number of hydrogen-bond donors (Lipinski definition) is 0. The molecule has 12 heavy (non-hydrogen) atoms. The average Bonchev–Trinajstić information content (AvgIpc) is 2.51. The molecular weight excluding hydrogens is 176 g/mol. The first kappa shape index (κ1) is 8.93. The summed E-state index contributed by atoms with van der Waals surface area (Å²) in [7, 11) is 1.33. The first-order chi connectivity index (χ1) is 5.77. The fourth-order valence-electron chi connectivity index (χ4n) is 0.824. The van der Waals surface area contributed by atoms with Crippen molar-refractivity contribution in [3.05, 3.63) is 21.9 Å². The van der Waals surface area contributed by atoms with Crippen LogP contribution in [0, 0.1) is 0 Å². The molecule has 0 unspecified atom stereocenters. The Balaban J connectivity index is 2.74. The second kappa shape index (κ2) is 4.01. The number of rotatable bonds is 3. The van der Waals surface area contributed by atoms with Crippen molar-refractivity contribution in [3.8, 4) is 0 Å². The van der Waals surface area contributed by atoms with Crippen LogP contribution in [0.2, 0.25) is 0 Å². The van der Waals surface area contributed by atoms with E-state index >= 15 is 0 Å². The fraction of sp³-hybridized carbons (Fsp3) is 0.250. The van der Waals surface area contributed by atoms with E-state index in [2.05, 4.69) is 4.74 Å². The minimum atomic E-state index is -0.323. The van der Waals surface area contributed by atoms with Crippen LogP contribution >= 0.6 is 11.3 Å². The Morgan fingerprint density at radius 1 is 1.75 bits per heavy atom. The zero-order chi connectivity index (χ0) is 8.97. The lowest BCUT2D eigenvalue weighted by atomic mass is 10.2. The van der Waals surface area contributed by atoms with Gasteiger partial charge in [0.1, 0.15) is 0 Å². The maximum Gasteiger partial charge on any atom is 0.310 e. The van der Waals surface area contributed by atoms with Crippen LogP contribution in [0.4, 0.5) is 0 Å². The number of hydrogen-bond acceptors (Lipinski definition) is 4. The summed E-state index contributed by atoms with van der Waals surface area (Å²) in [6.45, 7) is 0. The summed E-state index contributed by atoms with van der Waals surface area (Å²) >= 11 is 1.33. The number of esters is 1. The third-order valence-corrected chi connectivity index (χ3v) is 2.33. The number of carbonyl (C=O) groups is 2. The van der Waals surface area contributed by atoms with Crippen molar-refractivity contribution in [3.63, 3.8) is 0 Å². The van der Waals surface area contributed by atoms with E-state index in [4.69, 9.17) is 0 Å². The lowest BCUT2D eigenvalue weighted by Crippen LogP contribution is -2.04. The van der Waals surface area contributed by atoms with Gasteiger partial charge in [-0.3, -0.25) is 9.59 Å². The predicted octanol–water partition coefficient (Wildman–Crippen LogP) is 1.28. The van der Waals surface area contributed by atoms with Crippen molar-refractivity contribution >= 4 is 23.6 Å². The summed E-state index contributed by atoms with van der Waals surface area (Å²) in [5.41, 5.74) is 0.738. The Morgan fingerprint density at radius 3 is 3.08 bits per heavy atom. The summed E-state index contributed by atoms with van der Waals surface area (Å²) in [5.74, 6) is -0.323. The summed E-state index contributed by atoms with van der Waals surface area (Å²) in [6.07, 6.45) is 0.928. The van der Waals surface area contributed by atoms with Crippen LogP contribution in [0.3, 0.4) is 0 Å². The molecular formula is C8H8O3S. The van der Waals surface area contributed by atoms with E-state index < -0.39 is 0 Å². The Labute approximate surface area is 74.0 Å². The number of thiophene rings is 1. The van der Waals surface area contributed by atoms with Gasteiger partial charge in [-0.15, -0.1) is 11.3 Å². The largest absolute Gasteiger partial charge is 0.469 e. The standard InChI is InChI=1S/C8H8O3S/c1-11-8(10)4-6-2-3-12-7(6)5-9/h2-3,5H,4H2,1H3. The molecule has 0 amide bonds. The van der Waals surface area contributed by atoms with Crippen molar-refractivity contribution < 1.29 is 14.3 Å². The highest BCUT2D eigenvalue weighted by atomic mass is 32.1. The highest BCUT2D eigenvalue weighted by Gasteiger charge is 2.07. The van der Waals surface area contributed by atoms with Crippen molar-refractivity contribution in [2.75, 3.05) is 7.11 Å². The highest BCUT2D eigenvalue weighted by Crippen LogP contribution is 2.14. The molecule has 1 aromatic heterocycles. The lowest BCUT2D eigenvalue weighted by Gasteiger charge is -1.96. The molecule has 0 atom stereocenters. The second-order valence-electron chi connectivity index (χ2n) is 2.18. The molecule has 0 bridgehead atoms. The number of ether oxygens (including phenoxy) is 1. The van der Waals surface area contributed by atoms with Crippen molar-refractivity contribution in [2.45, 2.75) is 6.42 Å². The van der Waals surface area contributed by atoms with Gasteiger partial charge in [0, 0.05) is 0 Å². The van der Waals surface area contributed by atoms with Gasteiger partial charge in [0.05, 0.1) is 18.4 Å². The molecule has 0 saturated heterocycles. The van der Waals surface area contributed by atoms with E-state index in [1.54, 1.807) is 11.4 Å². The second-order valence-corrected chi connectivity index (χ2v) is 3.13. The Hall–Kier alpha value is -1.16. The van der Waals surface area contributed by atoms with E-state index in [9.17, 15) is 9.59 Å². The fourth-order valence-corrected chi connectivity index (χ4v) is 1.55. The molecule has 0 saturated carbocycles. The molecule has 0 aromatic carbocycles. The van der Waals surface area contributed by atoms with E-state index in [1.807, 2.05) is 0 Å². The van der Waals surface area contributed by atoms with Crippen molar-refractivity contribution in [2.24, 2.45) is 0 Å². The molecule has 0 aliphatic heterocycles. The molecule has 1 aromatic rings. The van der Waals surface area contributed by atoms with Crippen LogP contribution in [-0.2, 0) is 16.0 Å². The summed E-state index contributed by atoms with van der Waals surface area (Å²) in [6, 6.07) is 1.76. The number of carbonyl (C=O) groups excluding carboxylic acids is 2. The third-order valence-electron chi connectivity index (χ3n) is 1.45. The van der Waals surface area contributed by atoms with Gasteiger partial charge in [-0.25, -0.2) is 0 Å². The van der Waals surface area contributed by atoms with Crippen molar-refractivity contribution in [1.82, 2.24) is 0 Å². The Kier molecular flexibility index (Phi) is 2.99. The lowest BCUT2D eigenvalue weighted by molar-refractivity contribution is -0.139. The van der Waals surface area contributed by atoms with Crippen LogP contribution in [0.25, 0.3) is 0 Å². The minimum Gasteiger partial charge on any atom is -0.469 e. The Bertz CT molecular complexity index is 290. The summed E-state index contributed by atoms with van der Waals surface area (Å²) in [4.78, 5) is 21.8. The Morgan fingerprint density at radius 2 is 2.50 bits per heavy atom. The molecule has 3 nitrogen and oxygen atoms in total. The average molecular weight is 184 g/mol. The predicted molar refractivity (Wildman–Crippen MR) is 45.4 cm³/mol. The van der Waals surface area contributed by atoms with E-state index in [-0.39, 0.29) is 12.4 Å². The van der Waals surface area contributed by atoms with Gasteiger partial charge >= 0.3 is 5.97 Å². The molecule has 0 fully saturated rings. The molecule has 0 aliphatic carbocycles. The maximum atomic E-state index is 10.8. The molecule has 1 rings (SSSR count). The van der Waals surface area contributed by atoms with E-state index in [1.165, 1.54) is 18.4 Å². The molecule has 0 spiro atoms. The molecule has 0 radical (unpaired) electrons. The van der Waals surface area contributed by atoms with Gasteiger partial charge in [0.15, 0.2) is 6.29 Å². The van der Waals surface area contributed by atoms with Gasteiger partial charge in [-0.05, 0) is 17.0 Å². The molecule has 1 heterocycles. The molecule has 4 heteroatoms. The number of methoxy groups -OCH3 is 1. The number of aldehydes is 1. The van der Waals surface area contributed by atoms with Crippen LogP contribution in [0.1, 0.15) is 15.2 Å². The molecule has 0 N–H and O–H groups in total. The minimum absolute atomic E-state index is 0.175. The van der Waals surface area contributed by atoms with Gasteiger partial charge in [0.2, 0.25) is 0 Å². The zero-order valence-electron chi connectivity index (χ0n) is 6.57. The SMILES string of the molecule is COC(=O)Cc1ccsc1C=O. The van der Waals surface area contributed by atoms with Crippen LogP contribution in [0.5, 0.6) is 0 Å². The van der Waals surface area contributed by atoms with Crippen LogP contribution < -0.4 is 0 Å². The van der Waals surface area contributed by atoms with Gasteiger partial charge in [0.25, 0.3) is 0 Å².